The monoisotopic (exact) mass is 410 g/mol. The molecular formula is C16H26O12. The van der Waals surface area contributed by atoms with E-state index in [0.717, 1.165) is 0 Å². The molecule has 3 heterocycles. The Bertz CT molecular complexity index is 570. The van der Waals surface area contributed by atoms with Gasteiger partial charge in [0.1, 0.15) is 49.3 Å². The molecule has 3 saturated heterocycles. The smallest absolute Gasteiger partial charge is 0.258 e. The molecule has 12 nitrogen and oxygen atoms in total. The van der Waals surface area contributed by atoms with Gasteiger partial charge in [-0.2, -0.15) is 0 Å². The van der Waals surface area contributed by atoms with Crippen LogP contribution in [-0.2, 0) is 23.7 Å². The minimum absolute atomic E-state index is 0.487. The number of hydrogen-bond donors (Lipinski definition) is 7. The molecule has 0 saturated carbocycles. The van der Waals surface area contributed by atoms with Gasteiger partial charge in [0.2, 0.25) is 5.79 Å². The molecule has 3 rings (SSSR count). The summed E-state index contributed by atoms with van der Waals surface area (Å²) in [5.74, 6) is -1.56. The molecule has 0 radical (unpaired) electrons. The molecule has 0 aliphatic carbocycles. The second kappa shape index (κ2) is 8.45. The van der Waals surface area contributed by atoms with Gasteiger partial charge >= 0.3 is 0 Å². The number of epoxide rings is 1. The minimum atomic E-state index is -2.09. The van der Waals surface area contributed by atoms with E-state index in [1.54, 1.807) is 13.0 Å². The number of allylic oxidation sites excluding steroid dienone is 1. The molecule has 0 bridgehead atoms. The molecule has 28 heavy (non-hydrogen) atoms. The van der Waals surface area contributed by atoms with Gasteiger partial charge in [-0.05, 0) is 13.0 Å². The Labute approximate surface area is 160 Å². The predicted octanol–water partition coefficient (Wildman–Crippen LogP) is -4.11. The lowest BCUT2D eigenvalue weighted by molar-refractivity contribution is -0.386. The zero-order valence-corrected chi connectivity index (χ0v) is 15.1. The van der Waals surface area contributed by atoms with Crippen LogP contribution in [0.1, 0.15) is 6.92 Å². The quantitative estimate of drug-likeness (QED) is 0.201. The summed E-state index contributed by atoms with van der Waals surface area (Å²) in [6.45, 7) is -0.0810. The van der Waals surface area contributed by atoms with Gasteiger partial charge in [0.05, 0.1) is 13.2 Å². The second-order valence-electron chi connectivity index (χ2n) is 6.85. The minimum Gasteiger partial charge on any atom is -0.455 e. The second-order valence-corrected chi connectivity index (χ2v) is 6.85. The molecule has 3 aliphatic rings. The topological polar surface area (TPSA) is 191 Å². The number of aliphatic hydroxyl groups is 7. The lowest BCUT2D eigenvalue weighted by Gasteiger charge is -2.43. The molecule has 12 heteroatoms. The van der Waals surface area contributed by atoms with E-state index in [4.69, 9.17) is 23.7 Å². The highest BCUT2D eigenvalue weighted by atomic mass is 16.8. The van der Waals surface area contributed by atoms with Gasteiger partial charge < -0.3 is 59.4 Å². The molecule has 0 aromatic heterocycles. The van der Waals surface area contributed by atoms with Crippen LogP contribution in [0.5, 0.6) is 0 Å². The third kappa shape index (κ3) is 3.91. The van der Waals surface area contributed by atoms with E-state index in [1.807, 2.05) is 0 Å². The molecular weight excluding hydrogens is 384 g/mol. The van der Waals surface area contributed by atoms with Crippen LogP contribution in [0.3, 0.4) is 0 Å². The van der Waals surface area contributed by atoms with Crippen molar-refractivity contribution in [3.05, 3.63) is 11.8 Å². The SMILES string of the molecule is CC=C1OC1OC[C@@]1(O[C@H]2O[C@H](CO)[C@@H](O)[C@H](O)[C@H]2O)O[C@H](CO)[C@@H](O)[C@@H]1O. The van der Waals surface area contributed by atoms with E-state index in [0.29, 0.717) is 5.76 Å². The molecule has 1 unspecified atom stereocenters. The number of aliphatic hydroxyl groups excluding tert-OH is 7. The van der Waals surface area contributed by atoms with Crippen LogP contribution in [0.15, 0.2) is 11.8 Å². The average molecular weight is 410 g/mol. The van der Waals surface area contributed by atoms with Crippen molar-refractivity contribution in [1.29, 1.82) is 0 Å². The summed E-state index contributed by atoms with van der Waals surface area (Å²) >= 11 is 0. The predicted molar refractivity (Wildman–Crippen MR) is 86.1 cm³/mol. The molecule has 3 fully saturated rings. The third-order valence-corrected chi connectivity index (χ3v) is 4.99. The van der Waals surface area contributed by atoms with Crippen molar-refractivity contribution in [3.8, 4) is 0 Å². The van der Waals surface area contributed by atoms with Gasteiger partial charge in [0, 0.05) is 0 Å². The van der Waals surface area contributed by atoms with Crippen LogP contribution in [0.4, 0.5) is 0 Å². The van der Waals surface area contributed by atoms with Crippen molar-refractivity contribution in [3.63, 3.8) is 0 Å². The highest BCUT2D eigenvalue weighted by Gasteiger charge is 2.59. The van der Waals surface area contributed by atoms with Crippen LogP contribution in [0, 0.1) is 0 Å². The zero-order chi connectivity index (χ0) is 20.6. The fourth-order valence-corrected chi connectivity index (χ4v) is 3.22. The van der Waals surface area contributed by atoms with Gasteiger partial charge in [-0.1, -0.05) is 0 Å². The summed E-state index contributed by atoms with van der Waals surface area (Å²) < 4.78 is 26.9. The summed E-state index contributed by atoms with van der Waals surface area (Å²) in [6.07, 6.45) is -11.5. The first-order chi connectivity index (χ1) is 13.3. The summed E-state index contributed by atoms with van der Waals surface area (Å²) in [6, 6.07) is 0. The lowest BCUT2D eigenvalue weighted by Crippen LogP contribution is -2.62. The molecule has 7 N–H and O–H groups in total. The van der Waals surface area contributed by atoms with Crippen LogP contribution in [0.25, 0.3) is 0 Å². The van der Waals surface area contributed by atoms with Gasteiger partial charge in [-0.25, -0.2) is 0 Å². The third-order valence-electron chi connectivity index (χ3n) is 4.99. The Balaban J connectivity index is 1.79. The van der Waals surface area contributed by atoms with Gasteiger partial charge in [-0.15, -0.1) is 0 Å². The van der Waals surface area contributed by atoms with Gasteiger partial charge in [-0.3, -0.25) is 0 Å². The standard InChI is InChI=1S/C16H26O12/c1-2-6-14(25-6)24-5-16(13(23)10(20)8(4-18)27-16)28-15-12(22)11(21)9(19)7(3-17)26-15/h2,7-15,17-23H,3-5H2,1H3/t7-,8-,9-,10-,11+,12-,13+,14?,15-,16+/m1/s1. The van der Waals surface area contributed by atoms with Crippen molar-refractivity contribution in [2.24, 2.45) is 0 Å². The Kier molecular flexibility index (Phi) is 6.58. The maximum atomic E-state index is 10.5. The molecule has 0 spiro atoms. The van der Waals surface area contributed by atoms with Crippen LogP contribution in [0.2, 0.25) is 0 Å². The highest BCUT2D eigenvalue weighted by molar-refractivity contribution is 5.08. The van der Waals surface area contributed by atoms with E-state index >= 15 is 0 Å². The molecule has 0 amide bonds. The normalized spacial score (nSPS) is 50.0. The van der Waals surface area contributed by atoms with Crippen LogP contribution >= 0.6 is 0 Å². The van der Waals surface area contributed by atoms with Crippen molar-refractivity contribution in [2.75, 3.05) is 19.8 Å². The zero-order valence-electron chi connectivity index (χ0n) is 15.1. The van der Waals surface area contributed by atoms with E-state index in [1.165, 1.54) is 0 Å². The van der Waals surface area contributed by atoms with Crippen molar-refractivity contribution in [1.82, 2.24) is 0 Å². The first kappa shape index (κ1) is 21.8. The number of hydrogen-bond acceptors (Lipinski definition) is 12. The Morgan fingerprint density at radius 3 is 2.18 bits per heavy atom. The summed E-state index contributed by atoms with van der Waals surface area (Å²) in [7, 11) is 0. The molecule has 10 atom stereocenters. The number of ether oxygens (including phenoxy) is 5. The van der Waals surface area contributed by atoms with Crippen LogP contribution < -0.4 is 0 Å². The van der Waals surface area contributed by atoms with E-state index < -0.39 is 80.9 Å². The van der Waals surface area contributed by atoms with Crippen molar-refractivity contribution in [2.45, 2.75) is 68.0 Å². The molecule has 162 valence electrons. The molecule has 0 aromatic rings. The largest absolute Gasteiger partial charge is 0.455 e. The van der Waals surface area contributed by atoms with Gasteiger partial charge in [0.15, 0.2) is 12.0 Å². The first-order valence-corrected chi connectivity index (χ1v) is 8.85. The fourth-order valence-electron chi connectivity index (χ4n) is 3.22. The summed E-state index contributed by atoms with van der Waals surface area (Å²) in [5, 5.41) is 69.2. The van der Waals surface area contributed by atoms with E-state index in [-0.39, 0.29) is 0 Å². The average Bonchev–Trinajstić information content (AvgIpc) is 3.43. The Hall–Kier alpha value is -0.900. The first-order valence-electron chi connectivity index (χ1n) is 8.85. The van der Waals surface area contributed by atoms with Crippen molar-refractivity contribution >= 4 is 0 Å². The molecule has 0 aromatic carbocycles. The fraction of sp³-hybridized carbons (Fsp3) is 0.875. The van der Waals surface area contributed by atoms with E-state index in [2.05, 4.69) is 0 Å². The Morgan fingerprint density at radius 2 is 1.64 bits per heavy atom. The van der Waals surface area contributed by atoms with Crippen molar-refractivity contribution < 1.29 is 59.4 Å². The lowest BCUT2D eigenvalue weighted by atomic mass is 9.99. The summed E-state index contributed by atoms with van der Waals surface area (Å²) in [4.78, 5) is 0. The molecule has 3 aliphatic heterocycles. The maximum Gasteiger partial charge on any atom is 0.258 e. The summed E-state index contributed by atoms with van der Waals surface area (Å²) in [5.41, 5.74) is 0. The number of rotatable bonds is 7. The van der Waals surface area contributed by atoms with E-state index in [9.17, 15) is 35.7 Å². The highest BCUT2D eigenvalue weighted by Crippen LogP contribution is 2.38. The maximum absolute atomic E-state index is 10.5. The Morgan fingerprint density at radius 1 is 0.964 bits per heavy atom. The van der Waals surface area contributed by atoms with Crippen LogP contribution in [-0.4, -0.2) is 117 Å². The van der Waals surface area contributed by atoms with Gasteiger partial charge in [0.25, 0.3) is 6.29 Å².